The fourth-order valence-corrected chi connectivity index (χ4v) is 1.94. The maximum Gasteiger partial charge on any atom is 0.300 e. The number of benzene rings is 1. The van der Waals surface area contributed by atoms with Gasteiger partial charge in [-0.1, -0.05) is 18.2 Å². The number of hydrogen-bond donors (Lipinski definition) is 1. The molecule has 0 atom stereocenters. The van der Waals surface area contributed by atoms with E-state index in [1.807, 2.05) is 25.1 Å². The van der Waals surface area contributed by atoms with Crippen LogP contribution >= 0.6 is 0 Å². The van der Waals surface area contributed by atoms with Crippen LogP contribution in [0, 0.1) is 6.92 Å². The molecule has 0 unspecified atom stereocenters. The Morgan fingerprint density at radius 1 is 1.27 bits per heavy atom. The van der Waals surface area contributed by atoms with E-state index < -0.39 is 5.91 Å². The number of aliphatic imine (C=N–C) groups is 1. The minimum absolute atomic E-state index is 0.465. The smallest absolute Gasteiger partial charge is 0.300 e. The van der Waals surface area contributed by atoms with Crippen LogP contribution in [0.4, 0.5) is 0 Å². The molecule has 0 saturated carbocycles. The Bertz CT molecular complexity index is 423. The molecule has 0 radical (unpaired) electrons. The van der Waals surface area contributed by atoms with Crippen molar-refractivity contribution in [3.63, 3.8) is 0 Å². The van der Waals surface area contributed by atoms with Crippen molar-refractivity contribution >= 4 is 5.84 Å². The Morgan fingerprint density at radius 2 is 1.93 bits per heavy atom. The topological polar surface area (TPSA) is 56.8 Å². The van der Waals surface area contributed by atoms with Gasteiger partial charge in [0, 0.05) is 25.3 Å². The van der Waals surface area contributed by atoms with Gasteiger partial charge in [0.1, 0.15) is 5.84 Å². The normalized spacial score (nSPS) is 17.4. The van der Waals surface area contributed by atoms with Gasteiger partial charge >= 0.3 is 0 Å². The Labute approximate surface area is 88.7 Å². The van der Waals surface area contributed by atoms with E-state index in [0.717, 1.165) is 16.7 Å². The Balaban J connectivity index is 2.68. The molecular formula is C11H14N2O2. The van der Waals surface area contributed by atoms with Crippen LogP contribution in [0.5, 0.6) is 0 Å². The van der Waals surface area contributed by atoms with Crippen LogP contribution in [0.1, 0.15) is 16.7 Å². The van der Waals surface area contributed by atoms with E-state index in [0.29, 0.717) is 5.84 Å². The van der Waals surface area contributed by atoms with E-state index in [4.69, 9.17) is 15.2 Å². The molecular weight excluding hydrogens is 192 g/mol. The molecule has 0 fully saturated rings. The van der Waals surface area contributed by atoms with Crippen molar-refractivity contribution < 1.29 is 9.47 Å². The lowest BCUT2D eigenvalue weighted by Crippen LogP contribution is -2.26. The maximum absolute atomic E-state index is 5.86. The van der Waals surface area contributed by atoms with Gasteiger partial charge in [0.25, 0.3) is 5.91 Å². The zero-order valence-corrected chi connectivity index (χ0v) is 9.07. The first-order valence-electron chi connectivity index (χ1n) is 4.70. The number of rotatable bonds is 2. The third-order valence-corrected chi connectivity index (χ3v) is 2.69. The SMILES string of the molecule is COC1(OC)N=C(N)c2c(C)cccc21. The summed E-state index contributed by atoms with van der Waals surface area (Å²) in [4.78, 5) is 4.24. The first-order valence-corrected chi connectivity index (χ1v) is 4.70. The summed E-state index contributed by atoms with van der Waals surface area (Å²) in [5.74, 6) is -0.599. The molecule has 4 heteroatoms. The maximum atomic E-state index is 5.86. The van der Waals surface area contributed by atoms with Crippen molar-refractivity contribution in [2.75, 3.05) is 14.2 Å². The van der Waals surface area contributed by atoms with Crippen molar-refractivity contribution in [3.05, 3.63) is 34.9 Å². The molecule has 1 aromatic rings. The average Bonchev–Trinajstić information content (AvgIpc) is 2.54. The monoisotopic (exact) mass is 206 g/mol. The average molecular weight is 206 g/mol. The first-order chi connectivity index (χ1) is 7.14. The summed E-state index contributed by atoms with van der Waals surface area (Å²) in [6.07, 6.45) is 0. The summed E-state index contributed by atoms with van der Waals surface area (Å²) in [5.41, 5.74) is 8.72. The lowest BCUT2D eigenvalue weighted by molar-refractivity contribution is -0.206. The highest BCUT2D eigenvalue weighted by Gasteiger charge is 2.40. The van der Waals surface area contributed by atoms with Crippen LogP contribution in [0.15, 0.2) is 23.2 Å². The number of nitrogens with zero attached hydrogens (tertiary/aromatic N) is 1. The van der Waals surface area contributed by atoms with E-state index in [2.05, 4.69) is 4.99 Å². The first kappa shape index (κ1) is 10.1. The highest BCUT2D eigenvalue weighted by molar-refractivity contribution is 6.02. The van der Waals surface area contributed by atoms with E-state index >= 15 is 0 Å². The fraction of sp³-hybridized carbons (Fsp3) is 0.364. The van der Waals surface area contributed by atoms with Crippen LogP contribution < -0.4 is 5.73 Å². The van der Waals surface area contributed by atoms with Gasteiger partial charge in [0.15, 0.2) is 0 Å². The van der Waals surface area contributed by atoms with Gasteiger partial charge in [-0.15, -0.1) is 0 Å². The molecule has 0 spiro atoms. The molecule has 0 bridgehead atoms. The number of amidine groups is 1. The summed E-state index contributed by atoms with van der Waals surface area (Å²) >= 11 is 0. The number of methoxy groups -OCH3 is 2. The zero-order chi connectivity index (χ0) is 11.1. The summed E-state index contributed by atoms with van der Waals surface area (Å²) in [6.45, 7) is 1.99. The number of ether oxygens (including phenoxy) is 2. The summed E-state index contributed by atoms with van der Waals surface area (Å²) in [6, 6.07) is 5.84. The second kappa shape index (κ2) is 3.32. The Hall–Kier alpha value is -1.39. The number of hydrogen-bond acceptors (Lipinski definition) is 4. The zero-order valence-electron chi connectivity index (χ0n) is 9.07. The fourth-order valence-electron chi connectivity index (χ4n) is 1.94. The molecule has 0 amide bonds. The van der Waals surface area contributed by atoms with Crippen LogP contribution in [0.3, 0.4) is 0 Å². The van der Waals surface area contributed by atoms with Gasteiger partial charge in [0.05, 0.1) is 0 Å². The molecule has 15 heavy (non-hydrogen) atoms. The third kappa shape index (κ3) is 1.26. The summed E-state index contributed by atoms with van der Waals surface area (Å²) in [5, 5.41) is 0. The number of aryl methyl sites for hydroxylation is 1. The molecule has 0 saturated heterocycles. The van der Waals surface area contributed by atoms with Crippen LogP contribution in [-0.2, 0) is 15.4 Å². The second-order valence-electron chi connectivity index (χ2n) is 3.48. The molecule has 1 aliphatic rings. The Kier molecular flexibility index (Phi) is 2.25. The van der Waals surface area contributed by atoms with Crippen molar-refractivity contribution in [1.29, 1.82) is 0 Å². The van der Waals surface area contributed by atoms with Gasteiger partial charge in [-0.25, -0.2) is 4.99 Å². The predicted octanol–water partition coefficient (Wildman–Crippen LogP) is 1.12. The standard InChI is InChI=1S/C11H14N2O2/c1-7-5-4-6-8-9(7)10(12)13-11(8,14-2)15-3/h4-6H,1-3H3,(H2,12,13). The molecule has 0 aromatic heterocycles. The van der Waals surface area contributed by atoms with Crippen molar-refractivity contribution in [2.24, 2.45) is 10.7 Å². The minimum atomic E-state index is -1.06. The minimum Gasteiger partial charge on any atom is -0.383 e. The van der Waals surface area contributed by atoms with Crippen LogP contribution in [0.25, 0.3) is 0 Å². The number of nitrogens with two attached hydrogens (primary N) is 1. The summed E-state index contributed by atoms with van der Waals surface area (Å²) in [7, 11) is 3.11. The lowest BCUT2D eigenvalue weighted by atomic mass is 10.0. The number of fused-ring (bicyclic) bond motifs is 1. The molecule has 1 heterocycles. The van der Waals surface area contributed by atoms with Gasteiger partial charge in [0.2, 0.25) is 0 Å². The largest absolute Gasteiger partial charge is 0.383 e. The lowest BCUT2D eigenvalue weighted by Gasteiger charge is -2.23. The molecule has 2 rings (SSSR count). The van der Waals surface area contributed by atoms with Gasteiger partial charge in [-0.05, 0) is 12.5 Å². The Morgan fingerprint density at radius 3 is 2.53 bits per heavy atom. The van der Waals surface area contributed by atoms with E-state index in [1.165, 1.54) is 0 Å². The molecule has 1 aliphatic heterocycles. The van der Waals surface area contributed by atoms with Crippen LogP contribution in [0.2, 0.25) is 0 Å². The van der Waals surface area contributed by atoms with Crippen molar-refractivity contribution in [1.82, 2.24) is 0 Å². The second-order valence-corrected chi connectivity index (χ2v) is 3.48. The van der Waals surface area contributed by atoms with Crippen LogP contribution in [-0.4, -0.2) is 20.1 Å². The molecule has 0 aliphatic carbocycles. The van der Waals surface area contributed by atoms with E-state index in [1.54, 1.807) is 14.2 Å². The summed E-state index contributed by atoms with van der Waals surface area (Å²) < 4.78 is 10.6. The van der Waals surface area contributed by atoms with Gasteiger partial charge in [-0.2, -0.15) is 0 Å². The highest BCUT2D eigenvalue weighted by atomic mass is 16.7. The molecule has 4 nitrogen and oxygen atoms in total. The van der Waals surface area contributed by atoms with Gasteiger partial charge in [-0.3, -0.25) is 0 Å². The van der Waals surface area contributed by atoms with E-state index in [9.17, 15) is 0 Å². The van der Waals surface area contributed by atoms with Gasteiger partial charge < -0.3 is 15.2 Å². The highest BCUT2D eigenvalue weighted by Crippen LogP contribution is 2.36. The predicted molar refractivity (Wildman–Crippen MR) is 57.6 cm³/mol. The molecule has 1 aromatic carbocycles. The molecule has 80 valence electrons. The van der Waals surface area contributed by atoms with Crippen molar-refractivity contribution in [2.45, 2.75) is 12.8 Å². The molecule has 2 N–H and O–H groups in total. The van der Waals surface area contributed by atoms with E-state index in [-0.39, 0.29) is 0 Å². The third-order valence-electron chi connectivity index (χ3n) is 2.69. The van der Waals surface area contributed by atoms with Crippen molar-refractivity contribution in [3.8, 4) is 0 Å². The quantitative estimate of drug-likeness (QED) is 0.737.